The highest BCUT2D eigenvalue weighted by molar-refractivity contribution is 8.00. The Morgan fingerprint density at radius 3 is 2.47 bits per heavy atom. The summed E-state index contributed by atoms with van der Waals surface area (Å²) in [7, 11) is 0. The van der Waals surface area contributed by atoms with Gasteiger partial charge in [-0.2, -0.15) is 0 Å². The van der Waals surface area contributed by atoms with Crippen molar-refractivity contribution in [1.82, 2.24) is 4.98 Å². The van der Waals surface area contributed by atoms with E-state index in [0.717, 1.165) is 45.8 Å². The van der Waals surface area contributed by atoms with Crippen LogP contribution in [0.5, 0.6) is 0 Å². The fraction of sp³-hybridized carbons (Fsp3) is 0.318. The van der Waals surface area contributed by atoms with Crippen LogP contribution in [0.15, 0.2) is 40.7 Å². The Morgan fingerprint density at radius 2 is 1.77 bits per heavy atom. The Morgan fingerprint density at radius 1 is 1.03 bits per heavy atom. The Balaban J connectivity index is 1.38. The van der Waals surface area contributed by atoms with Gasteiger partial charge in [0.15, 0.2) is 4.34 Å². The third-order valence-corrected chi connectivity index (χ3v) is 8.61. The summed E-state index contributed by atoms with van der Waals surface area (Å²) in [5, 5.41) is 1.26. The van der Waals surface area contributed by atoms with E-state index in [1.165, 1.54) is 4.90 Å². The number of fused-ring (bicyclic) bond motifs is 2. The summed E-state index contributed by atoms with van der Waals surface area (Å²) < 4.78 is 1.88. The first-order valence-corrected chi connectivity index (χ1v) is 12.4. The van der Waals surface area contributed by atoms with E-state index in [0.29, 0.717) is 21.5 Å². The molecule has 0 unspecified atom stereocenters. The number of benzene rings is 2. The van der Waals surface area contributed by atoms with Gasteiger partial charge in [-0.1, -0.05) is 53.9 Å². The Kier molecular flexibility index (Phi) is 5.52. The van der Waals surface area contributed by atoms with E-state index in [2.05, 4.69) is 4.98 Å². The zero-order valence-electron chi connectivity index (χ0n) is 15.9. The molecule has 1 saturated heterocycles. The molecule has 2 atom stereocenters. The predicted octanol–water partition coefficient (Wildman–Crippen LogP) is 6.58. The lowest BCUT2D eigenvalue weighted by Crippen LogP contribution is -2.30. The van der Waals surface area contributed by atoms with E-state index in [1.807, 2.05) is 30.3 Å². The van der Waals surface area contributed by atoms with Crippen LogP contribution >= 0.6 is 46.3 Å². The average molecular weight is 477 g/mol. The minimum Gasteiger partial charge on any atom is -0.274 e. The van der Waals surface area contributed by atoms with Crippen LogP contribution in [0.1, 0.15) is 31.2 Å². The maximum absolute atomic E-state index is 12.9. The first-order chi connectivity index (χ1) is 14.5. The van der Waals surface area contributed by atoms with Crippen LogP contribution < -0.4 is 4.90 Å². The molecule has 0 N–H and O–H groups in total. The van der Waals surface area contributed by atoms with Gasteiger partial charge in [-0.3, -0.25) is 14.5 Å². The molecule has 1 aliphatic carbocycles. The molecular weight excluding hydrogens is 459 g/mol. The number of thiazole rings is 1. The zero-order valence-corrected chi connectivity index (χ0v) is 19.1. The molecule has 2 aromatic carbocycles. The number of carbonyl (C=O) groups excluding carboxylic acids is 2. The van der Waals surface area contributed by atoms with Gasteiger partial charge in [0, 0.05) is 15.8 Å². The van der Waals surface area contributed by atoms with Gasteiger partial charge in [0.1, 0.15) is 0 Å². The first-order valence-electron chi connectivity index (χ1n) is 9.86. The van der Waals surface area contributed by atoms with Crippen LogP contribution in [0.3, 0.4) is 0 Å². The molecule has 3 aromatic rings. The largest absolute Gasteiger partial charge is 0.274 e. The van der Waals surface area contributed by atoms with Gasteiger partial charge < -0.3 is 0 Å². The van der Waals surface area contributed by atoms with E-state index in [1.54, 1.807) is 29.2 Å². The number of aromatic nitrogens is 1. The van der Waals surface area contributed by atoms with Crippen molar-refractivity contribution in [2.75, 3.05) is 4.90 Å². The molecule has 0 spiro atoms. The molecule has 30 heavy (non-hydrogen) atoms. The molecule has 0 bridgehead atoms. The molecule has 1 aromatic heterocycles. The van der Waals surface area contributed by atoms with Crippen LogP contribution in [0, 0.1) is 11.8 Å². The van der Waals surface area contributed by atoms with Crippen LogP contribution in [0.4, 0.5) is 5.69 Å². The molecule has 1 aliphatic heterocycles. The third-order valence-electron chi connectivity index (χ3n) is 5.82. The smallest absolute Gasteiger partial charge is 0.237 e. The molecule has 2 fully saturated rings. The fourth-order valence-corrected chi connectivity index (χ4v) is 6.95. The van der Waals surface area contributed by atoms with Gasteiger partial charge >= 0.3 is 0 Å². The van der Waals surface area contributed by atoms with Crippen molar-refractivity contribution in [2.45, 2.75) is 35.8 Å². The number of hydrogen-bond acceptors (Lipinski definition) is 5. The summed E-state index contributed by atoms with van der Waals surface area (Å²) in [6, 6.07) is 11.1. The van der Waals surface area contributed by atoms with Gasteiger partial charge in [0.2, 0.25) is 11.8 Å². The van der Waals surface area contributed by atoms with Gasteiger partial charge in [0.25, 0.3) is 0 Å². The highest BCUT2D eigenvalue weighted by Gasteiger charge is 2.48. The van der Waals surface area contributed by atoms with Crippen molar-refractivity contribution in [3.05, 3.63) is 52.0 Å². The molecule has 8 heteroatoms. The normalized spacial score (nSPS) is 21.5. The lowest BCUT2D eigenvalue weighted by atomic mass is 9.81. The molecular formula is C22H18Cl2N2O2S2. The number of halogens is 2. The lowest BCUT2D eigenvalue weighted by molar-refractivity contribution is -0.122. The monoisotopic (exact) mass is 476 g/mol. The van der Waals surface area contributed by atoms with Crippen molar-refractivity contribution in [3.8, 4) is 0 Å². The molecule has 5 rings (SSSR count). The molecule has 0 radical (unpaired) electrons. The van der Waals surface area contributed by atoms with Crippen LogP contribution in [-0.4, -0.2) is 16.8 Å². The van der Waals surface area contributed by atoms with E-state index in [9.17, 15) is 9.59 Å². The topological polar surface area (TPSA) is 50.3 Å². The summed E-state index contributed by atoms with van der Waals surface area (Å²) in [5.74, 6) is 0.327. The molecule has 4 nitrogen and oxygen atoms in total. The number of rotatable bonds is 4. The van der Waals surface area contributed by atoms with Crippen LogP contribution in [-0.2, 0) is 15.3 Å². The summed E-state index contributed by atoms with van der Waals surface area (Å²) in [4.78, 5) is 31.8. The van der Waals surface area contributed by atoms with Gasteiger partial charge in [-0.15, -0.1) is 11.3 Å². The number of hydrogen-bond donors (Lipinski definition) is 0. The number of carbonyl (C=O) groups is 2. The average Bonchev–Trinajstić information content (AvgIpc) is 3.25. The maximum Gasteiger partial charge on any atom is 0.237 e. The summed E-state index contributed by atoms with van der Waals surface area (Å²) in [6.07, 6.45) is 3.70. The van der Waals surface area contributed by atoms with Crippen molar-refractivity contribution < 1.29 is 9.59 Å². The second-order valence-corrected chi connectivity index (χ2v) is 10.8. The SMILES string of the molecule is O=C1[C@H]2CCCC[C@@H]2C(=O)N1c1ccc2nc(SCc3ccc(Cl)cc3Cl)sc2c1. The molecule has 2 heterocycles. The highest BCUT2D eigenvalue weighted by Crippen LogP contribution is 2.41. The van der Waals surface area contributed by atoms with Gasteiger partial charge in [0.05, 0.1) is 27.7 Å². The zero-order chi connectivity index (χ0) is 20.8. The van der Waals surface area contributed by atoms with E-state index in [4.69, 9.17) is 23.2 Å². The summed E-state index contributed by atoms with van der Waals surface area (Å²) in [5.41, 5.74) is 2.53. The predicted molar refractivity (Wildman–Crippen MR) is 124 cm³/mol. The Bertz CT molecular complexity index is 1140. The molecule has 1 saturated carbocycles. The number of anilines is 1. The van der Waals surface area contributed by atoms with E-state index >= 15 is 0 Å². The maximum atomic E-state index is 12.9. The number of nitrogens with zero attached hydrogens (tertiary/aromatic N) is 2. The minimum atomic E-state index is -0.140. The lowest BCUT2D eigenvalue weighted by Gasteiger charge is -2.19. The number of thioether (sulfide) groups is 1. The van der Waals surface area contributed by atoms with Gasteiger partial charge in [-0.05, 0) is 48.7 Å². The number of imide groups is 1. The minimum absolute atomic E-state index is 0.0412. The third kappa shape index (κ3) is 3.64. The summed E-state index contributed by atoms with van der Waals surface area (Å²) in [6.45, 7) is 0. The second kappa shape index (κ2) is 8.15. The van der Waals surface area contributed by atoms with E-state index in [-0.39, 0.29) is 23.7 Å². The van der Waals surface area contributed by atoms with E-state index < -0.39 is 0 Å². The quantitative estimate of drug-likeness (QED) is 0.315. The van der Waals surface area contributed by atoms with Crippen molar-refractivity contribution >= 4 is 74.0 Å². The Hall–Kier alpha value is -1.60. The highest BCUT2D eigenvalue weighted by atomic mass is 35.5. The van der Waals surface area contributed by atoms with Crippen molar-refractivity contribution in [1.29, 1.82) is 0 Å². The first kappa shape index (κ1) is 20.3. The van der Waals surface area contributed by atoms with Crippen molar-refractivity contribution in [2.24, 2.45) is 11.8 Å². The molecule has 2 aliphatic rings. The fourth-order valence-electron chi connectivity index (χ4n) is 4.29. The van der Waals surface area contributed by atoms with Gasteiger partial charge in [-0.25, -0.2) is 4.98 Å². The number of amides is 2. The summed E-state index contributed by atoms with van der Waals surface area (Å²) >= 11 is 15.4. The van der Waals surface area contributed by atoms with Crippen LogP contribution in [0.25, 0.3) is 10.2 Å². The van der Waals surface area contributed by atoms with Crippen molar-refractivity contribution in [3.63, 3.8) is 0 Å². The standard InChI is InChI=1S/C22H18Cl2N2O2S2/c23-13-6-5-12(17(24)9-13)11-29-22-25-18-8-7-14(10-19(18)30-22)26-20(27)15-3-1-2-4-16(15)21(26)28/h5-10,15-16H,1-4,11H2/t15-,16-/m0/s1. The second-order valence-electron chi connectivity index (χ2n) is 7.67. The van der Waals surface area contributed by atoms with Crippen LogP contribution in [0.2, 0.25) is 10.0 Å². The molecule has 2 amide bonds. The Labute approximate surface area is 192 Å². The molecule has 154 valence electrons.